The molecule has 1 heterocycles. The van der Waals surface area contributed by atoms with Crippen LogP contribution in [0, 0.1) is 0 Å². The number of thioether (sulfide) groups is 1. The first-order valence-electron chi connectivity index (χ1n) is 5.96. The Morgan fingerprint density at radius 3 is 2.61 bits per heavy atom. The van der Waals surface area contributed by atoms with Crippen molar-refractivity contribution in [3.8, 4) is 0 Å². The largest absolute Gasteiger partial charge is 0.392 e. The van der Waals surface area contributed by atoms with Gasteiger partial charge < -0.3 is 5.11 Å². The normalized spacial score (nSPS) is 14.9. The molecule has 1 aromatic heterocycles. The molecule has 5 nitrogen and oxygen atoms in total. The fourth-order valence-corrected chi connectivity index (χ4v) is 2.62. The molecule has 1 aliphatic carbocycles. The Hall–Kier alpha value is -1.40. The van der Waals surface area contributed by atoms with Crippen LogP contribution in [0.3, 0.4) is 0 Å². The lowest BCUT2D eigenvalue weighted by atomic mass is 10.2. The third-order valence-corrected chi connectivity index (χ3v) is 3.93. The van der Waals surface area contributed by atoms with Gasteiger partial charge in [0.15, 0.2) is 0 Å². The molecule has 2 aromatic rings. The van der Waals surface area contributed by atoms with Crippen molar-refractivity contribution in [3.63, 3.8) is 0 Å². The number of tetrazole rings is 1. The van der Waals surface area contributed by atoms with E-state index in [9.17, 15) is 0 Å². The van der Waals surface area contributed by atoms with Crippen molar-refractivity contribution in [1.82, 2.24) is 20.2 Å². The number of aliphatic hydroxyl groups excluding tert-OH is 1. The van der Waals surface area contributed by atoms with Crippen molar-refractivity contribution in [2.24, 2.45) is 0 Å². The van der Waals surface area contributed by atoms with E-state index in [-0.39, 0.29) is 6.61 Å². The minimum Gasteiger partial charge on any atom is -0.392 e. The van der Waals surface area contributed by atoms with E-state index in [2.05, 4.69) is 15.5 Å². The summed E-state index contributed by atoms with van der Waals surface area (Å²) in [6.45, 7) is 0.0906. The minimum atomic E-state index is 0.0906. The highest BCUT2D eigenvalue weighted by molar-refractivity contribution is 7.98. The molecule has 3 rings (SSSR count). The fraction of sp³-hybridized carbons (Fsp3) is 0.417. The van der Waals surface area contributed by atoms with Crippen molar-refractivity contribution in [2.75, 3.05) is 0 Å². The van der Waals surface area contributed by atoms with Gasteiger partial charge in [-0.1, -0.05) is 36.0 Å². The Bertz CT molecular complexity index is 521. The molecule has 1 aliphatic rings. The Labute approximate surface area is 109 Å². The molecule has 0 bridgehead atoms. The van der Waals surface area contributed by atoms with Gasteiger partial charge in [0.25, 0.3) is 0 Å². The molecule has 0 radical (unpaired) electrons. The first-order valence-corrected chi connectivity index (χ1v) is 6.95. The topological polar surface area (TPSA) is 63.8 Å². The quantitative estimate of drug-likeness (QED) is 0.832. The highest BCUT2D eigenvalue weighted by Crippen LogP contribution is 2.36. The Balaban J connectivity index is 1.64. The second-order valence-corrected chi connectivity index (χ2v) is 5.34. The summed E-state index contributed by atoms with van der Waals surface area (Å²) in [4.78, 5) is 0. The number of aromatic nitrogens is 4. The molecule has 0 amide bonds. The van der Waals surface area contributed by atoms with Crippen LogP contribution in [0.25, 0.3) is 0 Å². The van der Waals surface area contributed by atoms with E-state index in [4.69, 9.17) is 5.11 Å². The van der Waals surface area contributed by atoms with Crippen LogP contribution < -0.4 is 0 Å². The van der Waals surface area contributed by atoms with E-state index in [1.165, 1.54) is 18.4 Å². The van der Waals surface area contributed by atoms with Gasteiger partial charge in [-0.25, -0.2) is 4.68 Å². The molecular weight excluding hydrogens is 248 g/mol. The summed E-state index contributed by atoms with van der Waals surface area (Å²) >= 11 is 1.65. The maximum atomic E-state index is 8.98. The predicted molar refractivity (Wildman–Crippen MR) is 68.0 cm³/mol. The number of aliphatic hydroxyl groups is 1. The monoisotopic (exact) mass is 262 g/mol. The first kappa shape index (κ1) is 11.7. The van der Waals surface area contributed by atoms with Gasteiger partial charge in [-0.2, -0.15) is 0 Å². The highest BCUT2D eigenvalue weighted by atomic mass is 32.2. The van der Waals surface area contributed by atoms with E-state index in [1.807, 2.05) is 28.9 Å². The standard InChI is InChI=1S/C12H14N4OS/c17-7-9-1-3-10(4-2-9)8-18-12-13-14-15-16(12)11-5-6-11/h1-4,11,17H,5-8H2. The SMILES string of the molecule is OCc1ccc(CSc2nnnn2C2CC2)cc1. The average Bonchev–Trinajstić information content (AvgIpc) is 3.16. The minimum absolute atomic E-state index is 0.0906. The first-order chi connectivity index (χ1) is 8.86. The van der Waals surface area contributed by atoms with E-state index in [0.717, 1.165) is 16.5 Å². The zero-order chi connectivity index (χ0) is 12.4. The molecule has 94 valence electrons. The molecule has 6 heteroatoms. The Kier molecular flexibility index (Phi) is 3.29. The van der Waals surface area contributed by atoms with Crippen molar-refractivity contribution in [2.45, 2.75) is 36.4 Å². The summed E-state index contributed by atoms with van der Waals surface area (Å²) in [6, 6.07) is 8.46. The fourth-order valence-electron chi connectivity index (χ4n) is 1.72. The molecule has 1 saturated carbocycles. The summed E-state index contributed by atoms with van der Waals surface area (Å²) in [5, 5.41) is 21.7. The van der Waals surface area contributed by atoms with Gasteiger partial charge in [-0.3, -0.25) is 0 Å². The van der Waals surface area contributed by atoms with Crippen molar-refractivity contribution < 1.29 is 5.11 Å². The summed E-state index contributed by atoms with van der Waals surface area (Å²) in [6.07, 6.45) is 2.37. The van der Waals surface area contributed by atoms with E-state index < -0.39 is 0 Å². The lowest BCUT2D eigenvalue weighted by molar-refractivity contribution is 0.282. The van der Waals surface area contributed by atoms with Crippen LogP contribution in [0.1, 0.15) is 30.0 Å². The molecule has 0 atom stereocenters. The van der Waals surface area contributed by atoms with Crippen LogP contribution >= 0.6 is 11.8 Å². The predicted octanol–water partition coefficient (Wildman–Crippen LogP) is 1.79. The molecule has 0 spiro atoms. The molecule has 18 heavy (non-hydrogen) atoms. The zero-order valence-electron chi connectivity index (χ0n) is 9.86. The average molecular weight is 262 g/mol. The Morgan fingerprint density at radius 2 is 1.94 bits per heavy atom. The van der Waals surface area contributed by atoms with Gasteiger partial charge >= 0.3 is 0 Å². The zero-order valence-corrected chi connectivity index (χ0v) is 10.7. The summed E-state index contributed by atoms with van der Waals surface area (Å²) in [5.74, 6) is 0.846. The van der Waals surface area contributed by atoms with Gasteiger partial charge in [0.1, 0.15) is 0 Å². The third-order valence-electron chi connectivity index (χ3n) is 2.93. The molecule has 1 N–H and O–H groups in total. The van der Waals surface area contributed by atoms with Crippen LogP contribution in [-0.4, -0.2) is 25.3 Å². The summed E-state index contributed by atoms with van der Waals surface area (Å²) < 4.78 is 1.92. The molecule has 1 aromatic carbocycles. The van der Waals surface area contributed by atoms with Crippen LogP contribution in [0.4, 0.5) is 0 Å². The number of rotatable bonds is 5. The Morgan fingerprint density at radius 1 is 1.22 bits per heavy atom. The molecule has 0 aliphatic heterocycles. The van der Waals surface area contributed by atoms with Gasteiger partial charge in [-0.05, 0) is 34.4 Å². The van der Waals surface area contributed by atoms with E-state index >= 15 is 0 Å². The van der Waals surface area contributed by atoms with Crippen molar-refractivity contribution in [3.05, 3.63) is 35.4 Å². The molecule has 0 saturated heterocycles. The van der Waals surface area contributed by atoms with Crippen LogP contribution in [0.2, 0.25) is 0 Å². The third kappa shape index (κ3) is 2.54. The lowest BCUT2D eigenvalue weighted by Gasteiger charge is -2.03. The van der Waals surface area contributed by atoms with Crippen LogP contribution in [0.15, 0.2) is 29.4 Å². The maximum absolute atomic E-state index is 8.98. The molecular formula is C12H14N4OS. The molecule has 0 unspecified atom stereocenters. The number of hydrogen-bond acceptors (Lipinski definition) is 5. The van der Waals surface area contributed by atoms with Crippen molar-refractivity contribution in [1.29, 1.82) is 0 Å². The van der Waals surface area contributed by atoms with E-state index in [1.54, 1.807) is 11.8 Å². The molecule has 1 fully saturated rings. The smallest absolute Gasteiger partial charge is 0.209 e. The summed E-state index contributed by atoms with van der Waals surface area (Å²) in [5.41, 5.74) is 2.15. The van der Waals surface area contributed by atoms with Gasteiger partial charge in [0.2, 0.25) is 5.16 Å². The number of hydrogen-bond donors (Lipinski definition) is 1. The van der Waals surface area contributed by atoms with Gasteiger partial charge in [0.05, 0.1) is 12.6 Å². The lowest BCUT2D eigenvalue weighted by Crippen LogP contribution is -1.98. The number of benzene rings is 1. The highest BCUT2D eigenvalue weighted by Gasteiger charge is 2.27. The second-order valence-electron chi connectivity index (χ2n) is 4.40. The van der Waals surface area contributed by atoms with Crippen LogP contribution in [0.5, 0.6) is 0 Å². The van der Waals surface area contributed by atoms with Crippen LogP contribution in [-0.2, 0) is 12.4 Å². The van der Waals surface area contributed by atoms with Crippen molar-refractivity contribution >= 4 is 11.8 Å². The maximum Gasteiger partial charge on any atom is 0.209 e. The second kappa shape index (κ2) is 5.07. The van der Waals surface area contributed by atoms with Gasteiger partial charge in [-0.15, -0.1) is 5.10 Å². The van der Waals surface area contributed by atoms with E-state index in [0.29, 0.717) is 6.04 Å². The van der Waals surface area contributed by atoms with Gasteiger partial charge in [0, 0.05) is 5.75 Å². The summed E-state index contributed by atoms with van der Waals surface area (Å²) in [7, 11) is 0. The number of nitrogens with zero attached hydrogens (tertiary/aromatic N) is 4.